The SMILES string of the molecule is O=C(NC1CCCC(NC(=O)C(=O)C23CC4CC(CC(C4)C2)C3)C1)C(=O)C12CC3CC(CC(C3)C1)C2. The van der Waals surface area contributed by atoms with Crippen LogP contribution in [0.1, 0.15) is 103 Å². The van der Waals surface area contributed by atoms with Crippen molar-refractivity contribution in [2.45, 2.75) is 115 Å². The molecule has 36 heavy (non-hydrogen) atoms. The van der Waals surface area contributed by atoms with Gasteiger partial charge < -0.3 is 10.6 Å². The lowest BCUT2D eigenvalue weighted by Crippen LogP contribution is -2.56. The fourth-order valence-electron chi connectivity index (χ4n) is 11.2. The number of amides is 2. The fraction of sp³-hybridized carbons (Fsp3) is 0.867. The number of carbonyl (C=O) groups is 4. The Kier molecular flexibility index (Phi) is 5.46. The van der Waals surface area contributed by atoms with Crippen LogP contribution in [0.5, 0.6) is 0 Å². The summed E-state index contributed by atoms with van der Waals surface area (Å²) in [4.78, 5) is 53.0. The number of nitrogens with one attached hydrogen (secondary N) is 2. The maximum absolute atomic E-state index is 13.4. The zero-order chi connectivity index (χ0) is 24.7. The third-order valence-corrected chi connectivity index (χ3v) is 11.8. The van der Waals surface area contributed by atoms with E-state index in [1.807, 2.05) is 0 Å². The third-order valence-electron chi connectivity index (χ3n) is 11.8. The van der Waals surface area contributed by atoms with E-state index in [0.29, 0.717) is 41.9 Å². The first-order chi connectivity index (χ1) is 17.3. The van der Waals surface area contributed by atoms with Gasteiger partial charge in [-0.1, -0.05) is 0 Å². The van der Waals surface area contributed by atoms with Gasteiger partial charge >= 0.3 is 0 Å². The van der Waals surface area contributed by atoms with E-state index in [1.54, 1.807) is 0 Å². The minimum absolute atomic E-state index is 0.107. The highest BCUT2D eigenvalue weighted by Crippen LogP contribution is 2.61. The molecule has 0 aromatic heterocycles. The first-order valence-electron chi connectivity index (χ1n) is 15.0. The molecule has 196 valence electrons. The lowest BCUT2D eigenvalue weighted by molar-refractivity contribution is -0.154. The Labute approximate surface area is 214 Å². The Morgan fingerprint density at radius 3 is 1.08 bits per heavy atom. The standard InChI is InChI=1S/C30H42N2O4/c33-25(29-11-17-4-18(12-29)6-19(5-17)13-29)27(35)31-23-2-1-3-24(10-23)32-28(36)26(34)30-14-20-7-21(15-30)9-22(8-20)16-30/h17-24H,1-16H2,(H,31,35)(H,32,36). The molecule has 6 nitrogen and oxygen atoms in total. The van der Waals surface area contributed by atoms with Crippen LogP contribution >= 0.6 is 0 Å². The van der Waals surface area contributed by atoms with Gasteiger partial charge in [-0.2, -0.15) is 0 Å². The number of hydrogen-bond acceptors (Lipinski definition) is 4. The van der Waals surface area contributed by atoms with Gasteiger partial charge in [0.1, 0.15) is 0 Å². The predicted molar refractivity (Wildman–Crippen MR) is 134 cm³/mol. The first-order valence-corrected chi connectivity index (χ1v) is 15.0. The van der Waals surface area contributed by atoms with E-state index in [9.17, 15) is 19.2 Å². The van der Waals surface area contributed by atoms with Crippen LogP contribution in [0.25, 0.3) is 0 Å². The van der Waals surface area contributed by atoms with Crippen LogP contribution in [0.3, 0.4) is 0 Å². The van der Waals surface area contributed by atoms with E-state index >= 15 is 0 Å². The smallest absolute Gasteiger partial charge is 0.288 e. The molecule has 8 bridgehead atoms. The van der Waals surface area contributed by atoms with Gasteiger partial charge in [-0.05, 0) is 138 Å². The number of ketones is 2. The van der Waals surface area contributed by atoms with Crippen molar-refractivity contribution in [2.24, 2.45) is 46.3 Å². The van der Waals surface area contributed by atoms with Crippen molar-refractivity contribution in [2.75, 3.05) is 0 Å². The van der Waals surface area contributed by atoms with E-state index in [0.717, 1.165) is 57.8 Å². The van der Waals surface area contributed by atoms with E-state index < -0.39 is 22.6 Å². The van der Waals surface area contributed by atoms with Gasteiger partial charge in [-0.25, -0.2) is 0 Å². The Morgan fingerprint density at radius 1 is 0.472 bits per heavy atom. The molecule has 9 fully saturated rings. The van der Waals surface area contributed by atoms with Crippen molar-refractivity contribution in [3.05, 3.63) is 0 Å². The monoisotopic (exact) mass is 494 g/mol. The van der Waals surface area contributed by atoms with Crippen molar-refractivity contribution in [1.29, 1.82) is 0 Å². The Balaban J connectivity index is 0.955. The van der Waals surface area contributed by atoms with E-state index in [1.165, 1.54) is 38.5 Å². The summed E-state index contributed by atoms with van der Waals surface area (Å²) < 4.78 is 0. The largest absolute Gasteiger partial charge is 0.347 e. The molecule has 9 saturated carbocycles. The Morgan fingerprint density at radius 2 is 0.778 bits per heavy atom. The molecule has 0 aromatic carbocycles. The molecule has 0 spiro atoms. The Hall–Kier alpha value is -1.72. The molecule has 9 aliphatic carbocycles. The third kappa shape index (κ3) is 3.88. The molecule has 2 unspecified atom stereocenters. The van der Waals surface area contributed by atoms with Crippen molar-refractivity contribution >= 4 is 23.4 Å². The number of carbonyl (C=O) groups excluding carboxylic acids is 4. The molecule has 9 rings (SSSR count). The second-order valence-electron chi connectivity index (χ2n) is 14.6. The maximum Gasteiger partial charge on any atom is 0.288 e. The zero-order valence-corrected chi connectivity index (χ0v) is 21.6. The topological polar surface area (TPSA) is 92.3 Å². The van der Waals surface area contributed by atoms with Crippen LogP contribution in [0.4, 0.5) is 0 Å². The lowest BCUT2D eigenvalue weighted by atomic mass is 9.48. The first kappa shape index (κ1) is 23.4. The van der Waals surface area contributed by atoms with Gasteiger partial charge in [-0.15, -0.1) is 0 Å². The molecule has 0 heterocycles. The average Bonchev–Trinajstić information content (AvgIpc) is 2.81. The molecule has 2 N–H and O–H groups in total. The fourth-order valence-corrected chi connectivity index (χ4v) is 11.2. The highest BCUT2D eigenvalue weighted by atomic mass is 16.2. The summed E-state index contributed by atoms with van der Waals surface area (Å²) in [6.45, 7) is 0. The normalized spacial score (nSPS) is 48.0. The zero-order valence-electron chi connectivity index (χ0n) is 21.6. The van der Waals surface area contributed by atoms with Crippen molar-refractivity contribution in [3.8, 4) is 0 Å². The van der Waals surface area contributed by atoms with Gasteiger partial charge in [0.25, 0.3) is 11.8 Å². The molecule has 2 amide bonds. The number of Topliss-reactive ketones (excluding diaryl/α,β-unsaturated/α-hetero) is 2. The Bertz CT molecular complexity index is 839. The number of rotatable bonds is 6. The van der Waals surface area contributed by atoms with Crippen LogP contribution in [0.2, 0.25) is 0 Å². The quantitative estimate of drug-likeness (QED) is 0.544. The van der Waals surface area contributed by atoms with Crippen LogP contribution < -0.4 is 10.6 Å². The second kappa shape index (κ2) is 8.39. The number of hydrogen-bond donors (Lipinski definition) is 2. The minimum atomic E-state index is -0.411. The lowest BCUT2D eigenvalue weighted by Gasteiger charge is -2.55. The summed E-state index contributed by atoms with van der Waals surface area (Å²) in [5, 5.41) is 6.12. The van der Waals surface area contributed by atoms with E-state index in [4.69, 9.17) is 0 Å². The predicted octanol–water partition coefficient (Wildman–Crippen LogP) is 4.10. The minimum Gasteiger partial charge on any atom is -0.347 e. The molecule has 9 aliphatic rings. The van der Waals surface area contributed by atoms with Crippen molar-refractivity contribution < 1.29 is 19.2 Å². The summed E-state index contributed by atoms with van der Waals surface area (Å²) in [5.41, 5.74) is -0.823. The molecule has 0 saturated heterocycles. The molecule has 2 atom stereocenters. The second-order valence-corrected chi connectivity index (χ2v) is 14.6. The summed E-state index contributed by atoms with van der Waals surface area (Å²) in [5.74, 6) is 2.64. The van der Waals surface area contributed by atoms with Gasteiger partial charge in [0, 0.05) is 22.9 Å². The van der Waals surface area contributed by atoms with Gasteiger partial charge in [0.15, 0.2) is 0 Å². The highest BCUT2D eigenvalue weighted by molar-refractivity contribution is 6.38. The summed E-state index contributed by atoms with van der Waals surface area (Å²) in [6.07, 6.45) is 16.1. The molecule has 6 heteroatoms. The molecular weight excluding hydrogens is 452 g/mol. The highest BCUT2D eigenvalue weighted by Gasteiger charge is 2.57. The summed E-state index contributed by atoms with van der Waals surface area (Å²) in [6, 6.07) is -0.215. The van der Waals surface area contributed by atoms with Crippen LogP contribution in [0.15, 0.2) is 0 Å². The van der Waals surface area contributed by atoms with E-state index in [-0.39, 0.29) is 23.7 Å². The van der Waals surface area contributed by atoms with E-state index in [2.05, 4.69) is 10.6 Å². The molecule has 0 aromatic rings. The summed E-state index contributed by atoms with van der Waals surface area (Å²) in [7, 11) is 0. The molecular formula is C30H42N2O4. The van der Waals surface area contributed by atoms with Crippen molar-refractivity contribution in [1.82, 2.24) is 10.6 Å². The van der Waals surface area contributed by atoms with Gasteiger partial charge in [0.05, 0.1) is 0 Å². The van der Waals surface area contributed by atoms with Crippen LogP contribution in [-0.4, -0.2) is 35.5 Å². The maximum atomic E-state index is 13.4. The molecule has 0 aliphatic heterocycles. The molecule has 0 radical (unpaired) electrons. The van der Waals surface area contributed by atoms with Crippen molar-refractivity contribution in [3.63, 3.8) is 0 Å². The van der Waals surface area contributed by atoms with Crippen LogP contribution in [0, 0.1) is 46.3 Å². The summed E-state index contributed by atoms with van der Waals surface area (Å²) >= 11 is 0. The average molecular weight is 495 g/mol. The van der Waals surface area contributed by atoms with Gasteiger partial charge in [-0.3, -0.25) is 19.2 Å². The van der Waals surface area contributed by atoms with Crippen LogP contribution in [-0.2, 0) is 19.2 Å². The van der Waals surface area contributed by atoms with Gasteiger partial charge in [0.2, 0.25) is 11.6 Å².